The smallest absolute Gasteiger partial charge is 0.438 e. The van der Waals surface area contributed by atoms with E-state index in [-0.39, 0.29) is 22.2 Å². The van der Waals surface area contributed by atoms with Crippen molar-refractivity contribution < 1.29 is 59.1 Å². The number of amides is 1. The predicted octanol–water partition coefficient (Wildman–Crippen LogP) is 13.1. The SMILES string of the molecule is CC1(C)CCC(c2ccc(Cl)cc2)=C(CN2CCN(c3ccc(C(=O)NSc4ccc(N[C@H](CCN5CCN(CCCP(=O)(OCOC(=O)C(C)(C)C)OCOC(=O)C(C)(C)C)CC5)CSc5ccccc5)c(S(=O)(=O)C(F)(F)F)c4)cc3)CC2)C1. The van der Waals surface area contributed by atoms with Crippen LogP contribution in [0.2, 0.25) is 5.02 Å². The molecule has 3 aliphatic rings. The first kappa shape index (κ1) is 68.9. The van der Waals surface area contributed by atoms with Crippen molar-refractivity contribution in [3.05, 3.63) is 119 Å². The van der Waals surface area contributed by atoms with Crippen molar-refractivity contribution in [1.29, 1.82) is 0 Å². The van der Waals surface area contributed by atoms with Crippen molar-refractivity contribution in [2.24, 2.45) is 16.2 Å². The fourth-order valence-electron chi connectivity index (χ4n) is 10.1. The van der Waals surface area contributed by atoms with Gasteiger partial charge in [-0.25, -0.2) is 8.42 Å². The molecule has 472 valence electrons. The predicted molar refractivity (Wildman–Crippen MR) is 336 cm³/mol. The van der Waals surface area contributed by atoms with Crippen molar-refractivity contribution in [2.75, 3.05) is 108 Å². The molecule has 2 saturated heterocycles. The molecular formula is C62H83ClF3N6O10PS3. The van der Waals surface area contributed by atoms with Crippen LogP contribution >= 0.6 is 42.9 Å². The first-order valence-corrected chi connectivity index (χ1v) is 34.4. The highest BCUT2D eigenvalue weighted by atomic mass is 35.5. The Morgan fingerprint density at radius 3 is 1.91 bits per heavy atom. The van der Waals surface area contributed by atoms with Gasteiger partial charge in [-0.3, -0.25) is 37.6 Å². The molecule has 2 heterocycles. The van der Waals surface area contributed by atoms with Crippen LogP contribution in [0.25, 0.3) is 5.57 Å². The molecule has 0 spiro atoms. The number of ether oxygens (including phenoxy) is 2. The van der Waals surface area contributed by atoms with Gasteiger partial charge in [-0.1, -0.05) is 61.4 Å². The lowest BCUT2D eigenvalue weighted by atomic mass is 9.73. The summed E-state index contributed by atoms with van der Waals surface area (Å²) in [5.74, 6) is -1.21. The van der Waals surface area contributed by atoms with Gasteiger partial charge in [0.15, 0.2) is 0 Å². The zero-order valence-corrected chi connectivity index (χ0v) is 54.6. The van der Waals surface area contributed by atoms with Crippen LogP contribution in [-0.2, 0) is 42.5 Å². The maximum atomic E-state index is 14.5. The highest BCUT2D eigenvalue weighted by Gasteiger charge is 2.48. The second kappa shape index (κ2) is 30.3. The van der Waals surface area contributed by atoms with E-state index < -0.39 is 76.1 Å². The average Bonchev–Trinajstić information content (AvgIpc) is 1.19. The first-order chi connectivity index (χ1) is 40.5. The van der Waals surface area contributed by atoms with Gasteiger partial charge in [0.25, 0.3) is 15.7 Å². The molecule has 1 atom stereocenters. The lowest BCUT2D eigenvalue weighted by Crippen LogP contribution is -2.47. The van der Waals surface area contributed by atoms with Gasteiger partial charge < -0.3 is 29.5 Å². The standard InChI is InChI=1S/C62H83ClF3N6O10PS3/c1-59(2,3)57(74)79-43-81-83(76,82-44-80-58(75)60(4,5)6)38-12-28-69-30-32-70(33-31-69)29-26-49(42-84-51-13-10-9-11-14-51)67-54-24-23-52(39-55(54)86(77,78)62(64,65)66)85-68-56(73)46-17-21-50(22-18-46)72-36-34-71(35-37-72)41-47-40-61(7,8)27-25-53(47)45-15-19-48(63)20-16-45/h9-11,13-24,39,49,67H,12,25-38,40-44H2,1-8H3,(H,68,73)/t49-/m1/s1. The maximum absolute atomic E-state index is 14.5. The second-order valence-electron chi connectivity index (χ2n) is 24.9. The number of alkyl halides is 3. The Balaban J connectivity index is 0.934. The number of nitrogens with zero attached hydrogens (tertiary/aromatic N) is 4. The van der Waals surface area contributed by atoms with E-state index in [0.717, 1.165) is 85.6 Å². The number of anilines is 2. The van der Waals surface area contributed by atoms with Crippen molar-refractivity contribution in [1.82, 2.24) is 19.4 Å². The van der Waals surface area contributed by atoms with E-state index in [1.165, 1.54) is 40.6 Å². The lowest BCUT2D eigenvalue weighted by Gasteiger charge is -2.39. The van der Waals surface area contributed by atoms with E-state index in [2.05, 4.69) is 55.6 Å². The number of allylic oxidation sites excluding steroid dienone is 1. The molecule has 7 rings (SSSR count). The lowest BCUT2D eigenvalue weighted by molar-refractivity contribution is -0.162. The molecule has 0 unspecified atom stereocenters. The van der Waals surface area contributed by atoms with E-state index in [9.17, 15) is 40.5 Å². The van der Waals surface area contributed by atoms with Gasteiger partial charge in [-0.05, 0) is 175 Å². The minimum atomic E-state index is -5.86. The summed E-state index contributed by atoms with van der Waals surface area (Å²) in [7, 11) is -9.75. The average molecular weight is 1290 g/mol. The summed E-state index contributed by atoms with van der Waals surface area (Å²) in [5, 5.41) is 3.90. The quantitative estimate of drug-likeness (QED) is 0.0199. The number of piperazine rings is 2. The fourth-order valence-corrected chi connectivity index (χ4v) is 14.2. The van der Waals surface area contributed by atoms with Crippen LogP contribution in [0.5, 0.6) is 0 Å². The van der Waals surface area contributed by atoms with E-state index >= 15 is 0 Å². The molecule has 16 nitrogen and oxygen atoms in total. The van der Waals surface area contributed by atoms with Crippen LogP contribution in [0.3, 0.4) is 0 Å². The van der Waals surface area contributed by atoms with Crippen LogP contribution in [0.15, 0.2) is 117 Å². The molecule has 0 bridgehead atoms. The number of rotatable bonds is 26. The van der Waals surface area contributed by atoms with Crippen LogP contribution in [0, 0.1) is 16.2 Å². The monoisotopic (exact) mass is 1290 g/mol. The summed E-state index contributed by atoms with van der Waals surface area (Å²) in [6.45, 7) is 21.4. The van der Waals surface area contributed by atoms with Gasteiger partial charge in [-0.15, -0.1) is 11.8 Å². The van der Waals surface area contributed by atoms with Gasteiger partial charge in [0, 0.05) is 103 Å². The first-order valence-electron chi connectivity index (χ1n) is 29.1. The van der Waals surface area contributed by atoms with Crippen LogP contribution in [-0.4, -0.2) is 150 Å². The van der Waals surface area contributed by atoms with E-state index in [1.54, 1.807) is 53.7 Å². The van der Waals surface area contributed by atoms with E-state index in [1.807, 2.05) is 54.6 Å². The summed E-state index contributed by atoms with van der Waals surface area (Å²) in [5.41, 5.74) is -1.78. The molecule has 4 aromatic rings. The van der Waals surface area contributed by atoms with Crippen molar-refractivity contribution >= 4 is 87.5 Å². The molecule has 2 fully saturated rings. The molecule has 86 heavy (non-hydrogen) atoms. The third-order valence-corrected chi connectivity index (χ3v) is 20.9. The summed E-state index contributed by atoms with van der Waals surface area (Å²) in [6.07, 6.45) is 4.00. The third kappa shape index (κ3) is 20.5. The highest BCUT2D eigenvalue weighted by Crippen LogP contribution is 2.49. The molecule has 2 N–H and O–H groups in total. The molecule has 0 radical (unpaired) electrons. The fraction of sp³-hybridized carbons (Fsp3) is 0.532. The second-order valence-corrected chi connectivity index (χ2v) is 31.4. The number of nitrogens with one attached hydrogen (secondary N) is 2. The summed E-state index contributed by atoms with van der Waals surface area (Å²) in [6, 6.07) is 28.1. The zero-order valence-electron chi connectivity index (χ0n) is 50.5. The number of esters is 2. The Kier molecular flexibility index (Phi) is 24.2. The number of hydrogen-bond acceptors (Lipinski definition) is 17. The van der Waals surface area contributed by atoms with Crippen LogP contribution in [0.4, 0.5) is 24.5 Å². The Morgan fingerprint density at radius 2 is 1.33 bits per heavy atom. The highest BCUT2D eigenvalue weighted by molar-refractivity contribution is 7.99. The number of carbonyl (C=O) groups is 3. The topological polar surface area (TPSA) is 176 Å². The normalized spacial score (nSPS) is 17.3. The molecule has 2 aliphatic heterocycles. The number of halogens is 4. The molecular weight excluding hydrogens is 1210 g/mol. The minimum Gasteiger partial charge on any atom is -0.438 e. The number of thioether (sulfide) groups is 1. The van der Waals surface area contributed by atoms with Gasteiger partial charge >= 0.3 is 25.0 Å². The summed E-state index contributed by atoms with van der Waals surface area (Å²) < 4.78 is 108. The van der Waals surface area contributed by atoms with E-state index in [0.29, 0.717) is 63.4 Å². The molecule has 24 heteroatoms. The Hall–Kier alpha value is -4.61. The Bertz CT molecular complexity index is 3080. The third-order valence-electron chi connectivity index (χ3n) is 15.3. The number of benzene rings is 4. The largest absolute Gasteiger partial charge is 0.501 e. The zero-order chi connectivity index (χ0) is 62.5. The minimum absolute atomic E-state index is 0.0407. The van der Waals surface area contributed by atoms with Gasteiger partial charge in [0.2, 0.25) is 13.6 Å². The number of hydrogen-bond donors (Lipinski definition) is 2. The van der Waals surface area contributed by atoms with E-state index in [4.69, 9.17) is 30.1 Å². The summed E-state index contributed by atoms with van der Waals surface area (Å²) in [4.78, 5) is 47.5. The number of sulfone groups is 1. The Morgan fingerprint density at radius 1 is 0.744 bits per heavy atom. The molecule has 1 aliphatic carbocycles. The molecule has 0 aromatic heterocycles. The van der Waals surface area contributed by atoms with Crippen molar-refractivity contribution in [2.45, 2.75) is 114 Å². The van der Waals surface area contributed by atoms with Gasteiger partial charge in [-0.2, -0.15) is 13.2 Å². The maximum Gasteiger partial charge on any atom is 0.501 e. The molecule has 1 amide bonds. The van der Waals surface area contributed by atoms with Crippen LogP contribution in [0.1, 0.15) is 103 Å². The van der Waals surface area contributed by atoms with Gasteiger partial charge in [0.1, 0.15) is 4.90 Å². The van der Waals surface area contributed by atoms with Crippen LogP contribution < -0.4 is 14.9 Å². The summed E-state index contributed by atoms with van der Waals surface area (Å²) >= 11 is 8.45. The van der Waals surface area contributed by atoms with Crippen molar-refractivity contribution in [3.63, 3.8) is 0 Å². The van der Waals surface area contributed by atoms with Crippen molar-refractivity contribution in [3.8, 4) is 0 Å². The Labute approximate surface area is 519 Å². The molecule has 0 saturated carbocycles. The van der Waals surface area contributed by atoms with Gasteiger partial charge in [0.05, 0.1) is 22.7 Å². The molecule has 4 aromatic carbocycles. The number of carbonyl (C=O) groups excluding carboxylic acids is 3.